The van der Waals surface area contributed by atoms with E-state index >= 15 is 0 Å². The van der Waals surface area contributed by atoms with E-state index in [9.17, 15) is 9.59 Å². The number of piperazine rings is 1. The van der Waals surface area contributed by atoms with Gasteiger partial charge in [0, 0.05) is 50.7 Å². The molecular weight excluding hydrogens is 378 g/mol. The van der Waals surface area contributed by atoms with Crippen LogP contribution in [0.5, 0.6) is 0 Å². The van der Waals surface area contributed by atoms with Gasteiger partial charge in [0.05, 0.1) is 16.6 Å². The van der Waals surface area contributed by atoms with Gasteiger partial charge in [-0.05, 0) is 49.9 Å². The number of H-pyrrole nitrogens is 1. The van der Waals surface area contributed by atoms with Crippen LogP contribution in [-0.4, -0.2) is 62.5 Å². The van der Waals surface area contributed by atoms with E-state index < -0.39 is 0 Å². The summed E-state index contributed by atoms with van der Waals surface area (Å²) in [6, 6.07) is 12.4. The summed E-state index contributed by atoms with van der Waals surface area (Å²) in [6.45, 7) is 3.34. The lowest BCUT2D eigenvalue weighted by Crippen LogP contribution is -2.52. The average Bonchev–Trinajstić information content (AvgIpc) is 3.15. The Morgan fingerprint density at radius 1 is 0.933 bits per heavy atom. The van der Waals surface area contributed by atoms with Crippen molar-refractivity contribution >= 4 is 16.9 Å². The molecule has 0 atom stereocenters. The fourth-order valence-corrected chi connectivity index (χ4v) is 5.08. The van der Waals surface area contributed by atoms with E-state index in [4.69, 9.17) is 0 Å². The van der Waals surface area contributed by atoms with E-state index in [1.54, 1.807) is 18.5 Å². The molecule has 1 N–H and O–H groups in total. The van der Waals surface area contributed by atoms with E-state index in [0.717, 1.165) is 62.9 Å². The summed E-state index contributed by atoms with van der Waals surface area (Å²) < 4.78 is 1.95. The van der Waals surface area contributed by atoms with Crippen LogP contribution < -0.4 is 5.69 Å². The number of carbonyl (C=O) groups excluding carboxylic acids is 1. The molecule has 0 bridgehead atoms. The summed E-state index contributed by atoms with van der Waals surface area (Å²) >= 11 is 0. The Morgan fingerprint density at radius 2 is 1.67 bits per heavy atom. The maximum Gasteiger partial charge on any atom is 0.326 e. The smallest absolute Gasteiger partial charge is 0.326 e. The highest BCUT2D eigenvalue weighted by molar-refractivity contribution is 5.93. The third-order valence-electron chi connectivity index (χ3n) is 6.68. The quantitative estimate of drug-likeness (QED) is 0.727. The minimum atomic E-state index is 0.00202. The number of rotatable bonds is 3. The van der Waals surface area contributed by atoms with Crippen molar-refractivity contribution in [3.63, 3.8) is 0 Å². The first kappa shape index (κ1) is 19.1. The lowest BCUT2D eigenvalue weighted by atomic mass is 9.89. The molecule has 5 rings (SSSR count). The highest BCUT2D eigenvalue weighted by Crippen LogP contribution is 2.32. The van der Waals surface area contributed by atoms with Crippen LogP contribution in [-0.2, 0) is 0 Å². The lowest BCUT2D eigenvalue weighted by molar-refractivity contribution is 0.0499. The van der Waals surface area contributed by atoms with Gasteiger partial charge in [-0.25, -0.2) is 4.79 Å². The summed E-state index contributed by atoms with van der Waals surface area (Å²) in [4.78, 5) is 36.6. The topological polar surface area (TPSA) is 74.2 Å². The Hall–Kier alpha value is -2.93. The molecule has 7 heteroatoms. The van der Waals surface area contributed by atoms with Crippen LogP contribution in [0.2, 0.25) is 0 Å². The van der Waals surface area contributed by atoms with Gasteiger partial charge in [0.15, 0.2) is 0 Å². The Balaban J connectivity index is 1.18. The van der Waals surface area contributed by atoms with Crippen molar-refractivity contribution in [1.29, 1.82) is 0 Å². The van der Waals surface area contributed by atoms with Crippen molar-refractivity contribution in [1.82, 2.24) is 24.3 Å². The van der Waals surface area contributed by atoms with Crippen molar-refractivity contribution in [2.75, 3.05) is 26.2 Å². The van der Waals surface area contributed by atoms with Crippen molar-refractivity contribution in [2.24, 2.45) is 0 Å². The number of pyridine rings is 1. The summed E-state index contributed by atoms with van der Waals surface area (Å²) in [7, 11) is 0. The minimum Gasteiger partial charge on any atom is -0.336 e. The molecule has 3 aromatic rings. The van der Waals surface area contributed by atoms with E-state index in [2.05, 4.69) is 14.9 Å². The molecule has 2 aromatic heterocycles. The van der Waals surface area contributed by atoms with Gasteiger partial charge in [0.25, 0.3) is 5.91 Å². The molecule has 1 amide bonds. The van der Waals surface area contributed by atoms with Crippen LogP contribution >= 0.6 is 0 Å². The van der Waals surface area contributed by atoms with Crippen LogP contribution in [0.25, 0.3) is 11.0 Å². The number of para-hydroxylation sites is 2. The molecule has 1 aliphatic carbocycles. The molecule has 0 spiro atoms. The molecule has 1 aromatic carbocycles. The second kappa shape index (κ2) is 8.07. The fraction of sp³-hybridized carbons (Fsp3) is 0.435. The van der Waals surface area contributed by atoms with Crippen molar-refractivity contribution in [3.05, 3.63) is 64.8 Å². The average molecular weight is 406 g/mol. The Kier molecular flexibility index (Phi) is 5.12. The number of nitrogens with zero attached hydrogens (tertiary/aromatic N) is 4. The van der Waals surface area contributed by atoms with Gasteiger partial charge in [-0.15, -0.1) is 0 Å². The van der Waals surface area contributed by atoms with Gasteiger partial charge in [0.1, 0.15) is 0 Å². The van der Waals surface area contributed by atoms with Gasteiger partial charge >= 0.3 is 5.69 Å². The number of aromatic amines is 1. The third kappa shape index (κ3) is 3.54. The van der Waals surface area contributed by atoms with Gasteiger partial charge in [-0.2, -0.15) is 0 Å². The highest BCUT2D eigenvalue weighted by Gasteiger charge is 2.31. The molecular formula is C23H27N5O2. The molecule has 0 unspecified atom stereocenters. The second-order valence-corrected chi connectivity index (χ2v) is 8.35. The number of imidazole rings is 1. The van der Waals surface area contributed by atoms with E-state index in [0.29, 0.717) is 11.6 Å². The summed E-state index contributed by atoms with van der Waals surface area (Å²) in [6.07, 6.45) is 7.54. The number of nitrogens with one attached hydrogen (secondary N) is 1. The van der Waals surface area contributed by atoms with Crippen molar-refractivity contribution in [2.45, 2.75) is 37.8 Å². The first-order chi connectivity index (χ1) is 14.7. The van der Waals surface area contributed by atoms with Crippen LogP contribution in [0.15, 0.2) is 53.6 Å². The zero-order valence-corrected chi connectivity index (χ0v) is 17.0. The summed E-state index contributed by atoms with van der Waals surface area (Å²) in [5, 5.41) is 0. The number of aromatic nitrogens is 3. The Bertz CT molecular complexity index is 1070. The van der Waals surface area contributed by atoms with Gasteiger partial charge < -0.3 is 9.88 Å². The summed E-state index contributed by atoms with van der Waals surface area (Å²) in [5.74, 6) is 0.0742. The number of benzene rings is 1. The minimum absolute atomic E-state index is 0.00202. The van der Waals surface area contributed by atoms with Gasteiger partial charge in [-0.3, -0.25) is 19.2 Å². The lowest BCUT2D eigenvalue weighted by Gasteiger charge is -2.42. The van der Waals surface area contributed by atoms with Crippen molar-refractivity contribution < 1.29 is 4.79 Å². The maximum absolute atomic E-state index is 12.6. The monoisotopic (exact) mass is 405 g/mol. The molecule has 7 nitrogen and oxygen atoms in total. The van der Waals surface area contributed by atoms with E-state index in [1.165, 1.54) is 0 Å². The van der Waals surface area contributed by atoms with Crippen LogP contribution in [0, 0.1) is 0 Å². The Morgan fingerprint density at radius 3 is 2.40 bits per heavy atom. The molecule has 1 saturated heterocycles. The molecule has 0 radical (unpaired) electrons. The number of hydrogen-bond acceptors (Lipinski definition) is 4. The highest BCUT2D eigenvalue weighted by atomic mass is 16.2. The molecule has 2 aliphatic rings. The number of amides is 1. The van der Waals surface area contributed by atoms with E-state index in [1.807, 2.05) is 39.8 Å². The number of fused-ring (bicyclic) bond motifs is 1. The second-order valence-electron chi connectivity index (χ2n) is 8.35. The molecule has 1 aliphatic heterocycles. The summed E-state index contributed by atoms with van der Waals surface area (Å²) in [5.41, 5.74) is 2.59. The number of carbonyl (C=O) groups is 1. The molecule has 3 heterocycles. The standard InChI is InChI=1S/C23H27N5O2/c29-22(17-4-3-11-24-16-17)27-14-12-26(13-15-27)18-7-9-19(10-8-18)28-21-6-2-1-5-20(21)25-23(28)30/h1-6,11,16,18-19H,7-10,12-15H2,(H,25,30). The molecule has 2 fully saturated rings. The van der Waals surface area contributed by atoms with Gasteiger partial charge in [0.2, 0.25) is 0 Å². The Labute approximate surface area is 175 Å². The number of hydrogen-bond donors (Lipinski definition) is 1. The van der Waals surface area contributed by atoms with Crippen LogP contribution in [0.4, 0.5) is 0 Å². The van der Waals surface area contributed by atoms with E-state index in [-0.39, 0.29) is 17.6 Å². The SMILES string of the molecule is O=C(c1cccnc1)N1CCN(C2CCC(n3c(=O)[nH]c4ccccc43)CC2)CC1. The normalized spacial score (nSPS) is 23.0. The predicted molar refractivity (Wildman–Crippen MR) is 116 cm³/mol. The van der Waals surface area contributed by atoms with Crippen molar-refractivity contribution in [3.8, 4) is 0 Å². The fourth-order valence-electron chi connectivity index (χ4n) is 5.08. The van der Waals surface area contributed by atoms with Crippen LogP contribution in [0.1, 0.15) is 42.1 Å². The largest absolute Gasteiger partial charge is 0.336 e. The first-order valence-electron chi connectivity index (χ1n) is 10.8. The zero-order chi connectivity index (χ0) is 20.5. The molecule has 1 saturated carbocycles. The molecule has 156 valence electrons. The first-order valence-corrected chi connectivity index (χ1v) is 10.8. The van der Waals surface area contributed by atoms with Crippen LogP contribution in [0.3, 0.4) is 0 Å². The maximum atomic E-state index is 12.6. The van der Waals surface area contributed by atoms with Gasteiger partial charge in [-0.1, -0.05) is 12.1 Å². The predicted octanol–water partition coefficient (Wildman–Crippen LogP) is 2.67. The third-order valence-corrected chi connectivity index (χ3v) is 6.68. The molecule has 30 heavy (non-hydrogen) atoms. The zero-order valence-electron chi connectivity index (χ0n) is 17.0.